The number of rotatable bonds is 5. The molecule has 2 heterocycles. The highest BCUT2D eigenvalue weighted by Gasteiger charge is 2.21. The summed E-state index contributed by atoms with van der Waals surface area (Å²) < 4.78 is 6.79. The Morgan fingerprint density at radius 3 is 2.73 bits per heavy atom. The van der Waals surface area contributed by atoms with E-state index in [2.05, 4.69) is 20.9 Å². The minimum Gasteiger partial charge on any atom is -0.497 e. The fourth-order valence-electron chi connectivity index (χ4n) is 2.32. The number of carbonyl (C=O) groups is 1. The summed E-state index contributed by atoms with van der Waals surface area (Å²) in [5, 5.41) is 14.2. The summed E-state index contributed by atoms with van der Waals surface area (Å²) in [6.45, 7) is 4.42. The maximum Gasteiger partial charge on any atom is 0.273 e. The van der Waals surface area contributed by atoms with Crippen LogP contribution < -0.4 is 15.4 Å². The second-order valence-electron chi connectivity index (χ2n) is 5.37. The molecule has 0 bridgehead atoms. The fraction of sp³-hybridized carbons (Fsp3) is 0.400. The van der Waals surface area contributed by atoms with Gasteiger partial charge >= 0.3 is 0 Å². The van der Waals surface area contributed by atoms with Crippen LogP contribution in [0.15, 0.2) is 24.3 Å². The molecule has 7 nitrogen and oxygen atoms in total. The molecule has 1 amide bonds. The zero-order valence-electron chi connectivity index (χ0n) is 12.7. The largest absolute Gasteiger partial charge is 0.497 e. The first-order valence-electron chi connectivity index (χ1n) is 7.24. The summed E-state index contributed by atoms with van der Waals surface area (Å²) in [4.78, 5) is 12.2. The quantitative estimate of drug-likeness (QED) is 0.842. The molecule has 0 unspecified atom stereocenters. The van der Waals surface area contributed by atoms with Crippen LogP contribution in [-0.2, 0) is 0 Å². The Kier molecular flexibility index (Phi) is 4.06. The average molecular weight is 301 g/mol. The lowest BCUT2D eigenvalue weighted by atomic mass is 10.0. The van der Waals surface area contributed by atoms with Gasteiger partial charge in [0.25, 0.3) is 5.91 Å². The summed E-state index contributed by atoms with van der Waals surface area (Å²) in [5.41, 5.74) is 1.92. The highest BCUT2D eigenvalue weighted by Crippen LogP contribution is 2.16. The Morgan fingerprint density at radius 1 is 1.41 bits per heavy atom. The third-order valence-corrected chi connectivity index (χ3v) is 3.84. The molecule has 116 valence electrons. The van der Waals surface area contributed by atoms with Crippen molar-refractivity contribution in [3.8, 4) is 11.4 Å². The topological polar surface area (TPSA) is 81.1 Å². The van der Waals surface area contributed by atoms with Crippen LogP contribution in [0.2, 0.25) is 0 Å². The van der Waals surface area contributed by atoms with Crippen molar-refractivity contribution in [2.45, 2.75) is 6.92 Å². The molecule has 7 heteroatoms. The van der Waals surface area contributed by atoms with Gasteiger partial charge in [-0.05, 0) is 31.2 Å². The maximum atomic E-state index is 12.2. The number of nitrogens with zero attached hydrogens (tertiary/aromatic N) is 3. The van der Waals surface area contributed by atoms with Gasteiger partial charge in [-0.15, -0.1) is 5.10 Å². The first-order chi connectivity index (χ1) is 10.7. The van der Waals surface area contributed by atoms with Gasteiger partial charge in [0.2, 0.25) is 0 Å². The van der Waals surface area contributed by atoms with Crippen LogP contribution in [0.3, 0.4) is 0 Å². The molecular formula is C15H19N5O2. The van der Waals surface area contributed by atoms with Crippen LogP contribution >= 0.6 is 0 Å². The van der Waals surface area contributed by atoms with Gasteiger partial charge in [-0.1, -0.05) is 5.21 Å². The second kappa shape index (κ2) is 6.15. The van der Waals surface area contributed by atoms with Crippen LogP contribution in [-0.4, -0.2) is 47.6 Å². The van der Waals surface area contributed by atoms with E-state index in [9.17, 15) is 4.79 Å². The number of benzene rings is 1. The number of hydrogen-bond donors (Lipinski definition) is 2. The second-order valence-corrected chi connectivity index (χ2v) is 5.37. The number of methoxy groups -OCH3 is 1. The number of nitrogens with one attached hydrogen (secondary N) is 2. The molecular weight excluding hydrogens is 282 g/mol. The fourth-order valence-corrected chi connectivity index (χ4v) is 2.32. The lowest BCUT2D eigenvalue weighted by Gasteiger charge is -2.26. The van der Waals surface area contributed by atoms with E-state index < -0.39 is 0 Å². The molecule has 2 N–H and O–H groups in total. The molecule has 1 fully saturated rings. The summed E-state index contributed by atoms with van der Waals surface area (Å²) >= 11 is 0. The normalized spacial score (nSPS) is 14.5. The Labute approximate surface area is 128 Å². The van der Waals surface area contributed by atoms with E-state index in [1.807, 2.05) is 31.2 Å². The molecule has 1 aliphatic heterocycles. The molecule has 1 aromatic heterocycles. The number of aromatic nitrogens is 3. The van der Waals surface area contributed by atoms with E-state index in [1.165, 1.54) is 0 Å². The SMILES string of the molecule is COc1ccc(-n2nnc(C(=O)NCC3CNC3)c2C)cc1. The summed E-state index contributed by atoms with van der Waals surface area (Å²) in [5.74, 6) is 1.11. The number of ether oxygens (including phenoxy) is 1. The standard InChI is InChI=1S/C15H19N5O2/c1-10-14(15(21)17-9-11-7-16-8-11)18-19-20(10)12-3-5-13(22-2)6-4-12/h3-6,11,16H,7-9H2,1-2H3,(H,17,21). The molecule has 3 rings (SSSR count). The van der Waals surface area contributed by atoms with Crippen molar-refractivity contribution in [3.05, 3.63) is 35.7 Å². The molecule has 2 aromatic rings. The predicted molar refractivity (Wildman–Crippen MR) is 81.3 cm³/mol. The van der Waals surface area contributed by atoms with E-state index in [4.69, 9.17) is 4.74 Å². The Hall–Kier alpha value is -2.41. The molecule has 1 saturated heterocycles. The third kappa shape index (κ3) is 2.80. The Morgan fingerprint density at radius 2 is 2.14 bits per heavy atom. The molecule has 0 atom stereocenters. The van der Waals surface area contributed by atoms with E-state index in [-0.39, 0.29) is 5.91 Å². The van der Waals surface area contributed by atoms with Crippen molar-refractivity contribution in [2.75, 3.05) is 26.7 Å². The molecule has 1 aliphatic rings. The van der Waals surface area contributed by atoms with Gasteiger partial charge in [0.15, 0.2) is 5.69 Å². The predicted octanol–water partition coefficient (Wildman–Crippen LogP) is 0.534. The van der Waals surface area contributed by atoms with E-state index in [1.54, 1.807) is 11.8 Å². The number of carbonyl (C=O) groups excluding carboxylic acids is 1. The lowest BCUT2D eigenvalue weighted by molar-refractivity contribution is 0.0936. The van der Waals surface area contributed by atoms with Gasteiger partial charge in [-0.3, -0.25) is 4.79 Å². The van der Waals surface area contributed by atoms with Crippen molar-refractivity contribution < 1.29 is 9.53 Å². The molecule has 22 heavy (non-hydrogen) atoms. The van der Waals surface area contributed by atoms with Gasteiger partial charge in [-0.2, -0.15) is 0 Å². The van der Waals surface area contributed by atoms with Crippen molar-refractivity contribution in [2.24, 2.45) is 5.92 Å². The van der Waals surface area contributed by atoms with Gasteiger partial charge in [0.05, 0.1) is 18.5 Å². The van der Waals surface area contributed by atoms with Gasteiger partial charge in [-0.25, -0.2) is 4.68 Å². The highest BCUT2D eigenvalue weighted by molar-refractivity contribution is 5.93. The van der Waals surface area contributed by atoms with E-state index in [0.717, 1.165) is 30.2 Å². The summed E-state index contributed by atoms with van der Waals surface area (Å²) in [7, 11) is 1.62. The minimum absolute atomic E-state index is 0.177. The van der Waals surface area contributed by atoms with E-state index >= 15 is 0 Å². The molecule has 0 radical (unpaired) electrons. The van der Waals surface area contributed by atoms with Crippen LogP contribution in [0.1, 0.15) is 16.2 Å². The van der Waals surface area contributed by atoms with Gasteiger partial charge < -0.3 is 15.4 Å². The van der Waals surface area contributed by atoms with Crippen LogP contribution in [0, 0.1) is 12.8 Å². The summed E-state index contributed by atoms with van der Waals surface area (Å²) in [6.07, 6.45) is 0. The van der Waals surface area contributed by atoms with Crippen molar-refractivity contribution in [1.82, 2.24) is 25.6 Å². The first kappa shape index (κ1) is 14.5. The van der Waals surface area contributed by atoms with Crippen molar-refractivity contribution in [3.63, 3.8) is 0 Å². The van der Waals surface area contributed by atoms with Crippen LogP contribution in [0.25, 0.3) is 5.69 Å². The van der Waals surface area contributed by atoms with Crippen LogP contribution in [0.4, 0.5) is 0 Å². The lowest BCUT2D eigenvalue weighted by Crippen LogP contribution is -2.48. The van der Waals surface area contributed by atoms with Crippen LogP contribution in [0.5, 0.6) is 5.75 Å². The van der Waals surface area contributed by atoms with Gasteiger partial charge in [0, 0.05) is 25.6 Å². The number of hydrogen-bond acceptors (Lipinski definition) is 5. The smallest absolute Gasteiger partial charge is 0.273 e. The van der Waals surface area contributed by atoms with Crippen molar-refractivity contribution in [1.29, 1.82) is 0 Å². The first-order valence-corrected chi connectivity index (χ1v) is 7.24. The number of amides is 1. The molecule has 0 spiro atoms. The molecule has 1 aromatic carbocycles. The minimum atomic E-state index is -0.177. The Balaban J connectivity index is 1.73. The van der Waals surface area contributed by atoms with E-state index in [0.29, 0.717) is 18.2 Å². The zero-order chi connectivity index (χ0) is 15.5. The Bertz CT molecular complexity index is 661. The highest BCUT2D eigenvalue weighted by atomic mass is 16.5. The van der Waals surface area contributed by atoms with Gasteiger partial charge in [0.1, 0.15) is 5.75 Å². The summed E-state index contributed by atoms with van der Waals surface area (Å²) in [6, 6.07) is 7.45. The third-order valence-electron chi connectivity index (χ3n) is 3.84. The average Bonchev–Trinajstić information content (AvgIpc) is 2.87. The molecule has 0 aliphatic carbocycles. The zero-order valence-corrected chi connectivity index (χ0v) is 12.7. The van der Waals surface area contributed by atoms with Crippen molar-refractivity contribution >= 4 is 5.91 Å². The maximum absolute atomic E-state index is 12.2. The monoisotopic (exact) mass is 301 g/mol. The molecule has 0 saturated carbocycles.